The monoisotopic (exact) mass is 334 g/mol. The number of hydrogen-bond acceptors (Lipinski definition) is 4. The molecular formula is C19H30N2O3. The number of benzene rings is 1. The zero-order valence-corrected chi connectivity index (χ0v) is 15.3. The van der Waals surface area contributed by atoms with Gasteiger partial charge in [0.05, 0.1) is 13.7 Å². The molecule has 0 spiro atoms. The zero-order chi connectivity index (χ0) is 17.5. The average Bonchev–Trinajstić information content (AvgIpc) is 2.60. The number of rotatable bonds is 7. The van der Waals surface area contributed by atoms with E-state index in [1.165, 1.54) is 12.8 Å². The molecule has 2 rings (SSSR count). The average molecular weight is 334 g/mol. The molecule has 1 aliphatic rings. The summed E-state index contributed by atoms with van der Waals surface area (Å²) in [5, 5.41) is 3.07. The fraction of sp³-hybridized carbons (Fsp3) is 0.632. The first kappa shape index (κ1) is 18.6. The highest BCUT2D eigenvalue weighted by Gasteiger charge is 2.22. The Morgan fingerprint density at radius 3 is 2.83 bits per heavy atom. The molecule has 5 heteroatoms. The quantitative estimate of drug-likeness (QED) is 0.833. The standard InChI is InChI=1S/C19H30N2O3/c1-5-24-17-9-8-16(11-18(17)23-4)19(22)20-12-15-7-6-10-21(13-15)14(2)3/h8-9,11,14-15H,5-7,10,12-13H2,1-4H3,(H,20,22)/t15-/m0/s1. The highest BCUT2D eigenvalue weighted by Crippen LogP contribution is 2.28. The van der Waals surface area contributed by atoms with E-state index in [0.29, 0.717) is 35.6 Å². The second-order valence-corrected chi connectivity index (χ2v) is 6.61. The van der Waals surface area contributed by atoms with Gasteiger partial charge in [-0.1, -0.05) is 0 Å². The summed E-state index contributed by atoms with van der Waals surface area (Å²) in [6, 6.07) is 5.88. The van der Waals surface area contributed by atoms with E-state index in [9.17, 15) is 4.79 Å². The topological polar surface area (TPSA) is 50.8 Å². The first-order chi connectivity index (χ1) is 11.5. The van der Waals surface area contributed by atoms with Crippen LogP contribution in [0.2, 0.25) is 0 Å². The number of ether oxygens (including phenoxy) is 2. The minimum atomic E-state index is -0.0574. The minimum Gasteiger partial charge on any atom is -0.493 e. The molecule has 1 saturated heterocycles. The maximum atomic E-state index is 12.4. The number of methoxy groups -OCH3 is 1. The van der Waals surface area contributed by atoms with Crippen molar-refractivity contribution in [1.82, 2.24) is 10.2 Å². The lowest BCUT2D eigenvalue weighted by Gasteiger charge is -2.35. The van der Waals surface area contributed by atoms with Gasteiger partial charge in [0.25, 0.3) is 5.91 Å². The van der Waals surface area contributed by atoms with Gasteiger partial charge in [-0.15, -0.1) is 0 Å². The molecule has 1 atom stereocenters. The van der Waals surface area contributed by atoms with Gasteiger partial charge in [0.1, 0.15) is 0 Å². The SMILES string of the molecule is CCOc1ccc(C(=O)NC[C@@H]2CCCN(C(C)C)C2)cc1OC. The van der Waals surface area contributed by atoms with E-state index >= 15 is 0 Å². The molecule has 1 aromatic carbocycles. The van der Waals surface area contributed by atoms with Gasteiger partial charge in [0.2, 0.25) is 0 Å². The van der Waals surface area contributed by atoms with Gasteiger partial charge in [-0.05, 0) is 64.3 Å². The predicted octanol–water partition coefficient (Wildman–Crippen LogP) is 2.94. The number of likely N-dealkylation sites (tertiary alicyclic amines) is 1. The van der Waals surface area contributed by atoms with Crippen LogP contribution in [0.1, 0.15) is 44.0 Å². The van der Waals surface area contributed by atoms with E-state index in [-0.39, 0.29) is 5.91 Å². The van der Waals surface area contributed by atoms with Crippen LogP contribution in [-0.2, 0) is 0 Å². The molecule has 0 aliphatic carbocycles. The van der Waals surface area contributed by atoms with E-state index < -0.39 is 0 Å². The number of nitrogens with one attached hydrogen (secondary N) is 1. The number of hydrogen-bond donors (Lipinski definition) is 1. The lowest BCUT2D eigenvalue weighted by Crippen LogP contribution is -2.43. The first-order valence-electron chi connectivity index (χ1n) is 8.88. The summed E-state index contributed by atoms with van der Waals surface area (Å²) in [6.07, 6.45) is 2.38. The normalized spacial score (nSPS) is 18.5. The molecule has 24 heavy (non-hydrogen) atoms. The van der Waals surface area contributed by atoms with Gasteiger partial charge in [-0.3, -0.25) is 4.79 Å². The van der Waals surface area contributed by atoms with E-state index in [1.54, 1.807) is 25.3 Å². The molecule has 1 N–H and O–H groups in total. The summed E-state index contributed by atoms with van der Waals surface area (Å²) in [5.41, 5.74) is 0.604. The van der Waals surface area contributed by atoms with Crippen molar-refractivity contribution in [3.05, 3.63) is 23.8 Å². The largest absolute Gasteiger partial charge is 0.493 e. The third-order valence-corrected chi connectivity index (χ3v) is 4.56. The molecule has 0 radical (unpaired) electrons. The van der Waals surface area contributed by atoms with Gasteiger partial charge in [-0.2, -0.15) is 0 Å². The van der Waals surface area contributed by atoms with Gasteiger partial charge >= 0.3 is 0 Å². The Bertz CT molecular complexity index is 545. The zero-order valence-electron chi connectivity index (χ0n) is 15.3. The Labute approximate surface area is 145 Å². The van der Waals surface area contributed by atoms with Crippen molar-refractivity contribution in [2.45, 2.75) is 39.7 Å². The summed E-state index contributed by atoms with van der Waals surface area (Å²) in [7, 11) is 1.59. The number of piperidine rings is 1. The van der Waals surface area contributed by atoms with Crippen LogP contribution in [0.3, 0.4) is 0 Å². The van der Waals surface area contributed by atoms with Crippen molar-refractivity contribution in [2.24, 2.45) is 5.92 Å². The van der Waals surface area contributed by atoms with Crippen molar-refractivity contribution in [2.75, 3.05) is 33.4 Å². The van der Waals surface area contributed by atoms with Crippen LogP contribution in [0.15, 0.2) is 18.2 Å². The van der Waals surface area contributed by atoms with E-state index in [2.05, 4.69) is 24.1 Å². The summed E-state index contributed by atoms with van der Waals surface area (Å²) in [4.78, 5) is 14.9. The molecule has 0 bridgehead atoms. The Morgan fingerprint density at radius 2 is 2.17 bits per heavy atom. The smallest absolute Gasteiger partial charge is 0.251 e. The van der Waals surface area contributed by atoms with Crippen molar-refractivity contribution in [3.63, 3.8) is 0 Å². The van der Waals surface area contributed by atoms with Crippen LogP contribution in [0.4, 0.5) is 0 Å². The molecule has 5 nitrogen and oxygen atoms in total. The van der Waals surface area contributed by atoms with Crippen molar-refractivity contribution < 1.29 is 14.3 Å². The number of carbonyl (C=O) groups excluding carboxylic acids is 1. The third-order valence-electron chi connectivity index (χ3n) is 4.56. The van der Waals surface area contributed by atoms with Crippen LogP contribution < -0.4 is 14.8 Å². The van der Waals surface area contributed by atoms with Crippen LogP contribution in [-0.4, -0.2) is 50.2 Å². The molecule has 1 aliphatic heterocycles. The minimum absolute atomic E-state index is 0.0574. The molecule has 0 saturated carbocycles. The second-order valence-electron chi connectivity index (χ2n) is 6.61. The number of carbonyl (C=O) groups is 1. The molecule has 1 fully saturated rings. The molecular weight excluding hydrogens is 304 g/mol. The molecule has 0 unspecified atom stereocenters. The van der Waals surface area contributed by atoms with Crippen molar-refractivity contribution >= 4 is 5.91 Å². The van der Waals surface area contributed by atoms with Crippen molar-refractivity contribution in [3.8, 4) is 11.5 Å². The molecule has 1 amide bonds. The summed E-state index contributed by atoms with van der Waals surface area (Å²) in [6.45, 7) is 9.89. The highest BCUT2D eigenvalue weighted by molar-refractivity contribution is 5.94. The molecule has 134 valence electrons. The fourth-order valence-corrected chi connectivity index (χ4v) is 3.16. The van der Waals surface area contributed by atoms with Gasteiger partial charge < -0.3 is 19.7 Å². The lowest BCUT2D eigenvalue weighted by molar-refractivity contribution is 0.0922. The summed E-state index contributed by atoms with van der Waals surface area (Å²) >= 11 is 0. The number of amides is 1. The molecule has 1 heterocycles. The van der Waals surface area contributed by atoms with E-state index in [0.717, 1.165) is 19.6 Å². The van der Waals surface area contributed by atoms with Crippen molar-refractivity contribution in [1.29, 1.82) is 0 Å². The van der Waals surface area contributed by atoms with Gasteiger partial charge in [0.15, 0.2) is 11.5 Å². The van der Waals surface area contributed by atoms with E-state index in [4.69, 9.17) is 9.47 Å². The molecule has 0 aromatic heterocycles. The lowest BCUT2D eigenvalue weighted by atomic mass is 9.97. The maximum absolute atomic E-state index is 12.4. The predicted molar refractivity (Wildman–Crippen MR) is 95.9 cm³/mol. The summed E-state index contributed by atoms with van der Waals surface area (Å²) < 4.78 is 10.8. The Morgan fingerprint density at radius 1 is 1.38 bits per heavy atom. The van der Waals surface area contributed by atoms with Crippen LogP contribution in [0.25, 0.3) is 0 Å². The van der Waals surface area contributed by atoms with Gasteiger partial charge in [0, 0.05) is 24.7 Å². The fourth-order valence-electron chi connectivity index (χ4n) is 3.16. The van der Waals surface area contributed by atoms with Gasteiger partial charge in [-0.25, -0.2) is 0 Å². The highest BCUT2D eigenvalue weighted by atomic mass is 16.5. The number of nitrogens with zero attached hydrogens (tertiary/aromatic N) is 1. The van der Waals surface area contributed by atoms with E-state index in [1.807, 2.05) is 6.92 Å². The van der Waals surface area contributed by atoms with Crippen LogP contribution >= 0.6 is 0 Å². The third kappa shape index (κ3) is 4.87. The molecule has 1 aromatic rings. The maximum Gasteiger partial charge on any atom is 0.251 e. The first-order valence-corrected chi connectivity index (χ1v) is 8.88. The van der Waals surface area contributed by atoms with Crippen LogP contribution in [0.5, 0.6) is 11.5 Å². The second kappa shape index (κ2) is 8.92. The Kier molecular flexibility index (Phi) is 6.91. The Balaban J connectivity index is 1.92. The summed E-state index contributed by atoms with van der Waals surface area (Å²) in [5.74, 6) is 1.72. The Hall–Kier alpha value is -1.75. The van der Waals surface area contributed by atoms with Crippen LogP contribution in [0, 0.1) is 5.92 Å².